The van der Waals surface area contributed by atoms with Crippen molar-refractivity contribution < 1.29 is 14.3 Å². The fourth-order valence-corrected chi connectivity index (χ4v) is 3.33. The molecule has 0 N–H and O–H groups in total. The second kappa shape index (κ2) is 7.75. The van der Waals surface area contributed by atoms with Gasteiger partial charge in [-0.25, -0.2) is 0 Å². The number of carbonyl (C=O) groups is 1. The van der Waals surface area contributed by atoms with Crippen LogP contribution in [0.15, 0.2) is 48.5 Å². The minimum atomic E-state index is -0.0283. The van der Waals surface area contributed by atoms with Crippen molar-refractivity contribution in [3.05, 3.63) is 54.1 Å². The Hall–Kier alpha value is -2.93. The average molecular weight is 366 g/mol. The fourth-order valence-electron chi connectivity index (χ4n) is 3.33. The molecule has 3 aromatic rings. The number of aromatic nitrogens is 3. The Morgan fingerprint density at radius 3 is 2.70 bits per heavy atom. The van der Waals surface area contributed by atoms with Gasteiger partial charge in [0, 0.05) is 19.5 Å². The van der Waals surface area contributed by atoms with E-state index in [0.717, 1.165) is 28.8 Å². The van der Waals surface area contributed by atoms with Crippen LogP contribution in [0.1, 0.15) is 5.56 Å². The maximum Gasteiger partial charge on any atom is 0.246 e. The number of morpholine rings is 1. The molecule has 4 rings (SSSR count). The fraction of sp³-hybridized carbons (Fsp3) is 0.350. The molecule has 1 fully saturated rings. The Kier molecular flexibility index (Phi) is 5.02. The van der Waals surface area contributed by atoms with Crippen LogP contribution >= 0.6 is 0 Å². The lowest BCUT2D eigenvalue weighted by Gasteiger charge is -2.33. The van der Waals surface area contributed by atoms with Crippen LogP contribution in [-0.2, 0) is 22.5 Å². The smallest absolute Gasteiger partial charge is 0.246 e. The third-order valence-electron chi connectivity index (χ3n) is 4.69. The van der Waals surface area contributed by atoms with E-state index in [-0.39, 0.29) is 18.6 Å². The van der Waals surface area contributed by atoms with Crippen LogP contribution in [0.2, 0.25) is 0 Å². The molecule has 1 aliphatic rings. The van der Waals surface area contributed by atoms with Gasteiger partial charge >= 0.3 is 0 Å². The van der Waals surface area contributed by atoms with Crippen LogP contribution in [0.5, 0.6) is 5.75 Å². The molecular formula is C20H22N4O3. The van der Waals surface area contributed by atoms with Crippen molar-refractivity contribution in [2.45, 2.75) is 19.1 Å². The van der Waals surface area contributed by atoms with Gasteiger partial charge in [0.25, 0.3) is 0 Å². The van der Waals surface area contributed by atoms with E-state index in [1.54, 1.807) is 7.11 Å². The Bertz CT molecular complexity index is 907. The first-order valence-electron chi connectivity index (χ1n) is 9.03. The minimum absolute atomic E-state index is 0.00856. The number of benzene rings is 2. The van der Waals surface area contributed by atoms with Gasteiger partial charge in [-0.2, -0.15) is 15.0 Å². The van der Waals surface area contributed by atoms with E-state index in [9.17, 15) is 4.79 Å². The second-order valence-corrected chi connectivity index (χ2v) is 6.61. The third-order valence-corrected chi connectivity index (χ3v) is 4.69. The molecule has 7 heteroatoms. The lowest BCUT2D eigenvalue weighted by atomic mass is 10.1. The molecule has 1 aromatic heterocycles. The number of amides is 1. The van der Waals surface area contributed by atoms with Gasteiger partial charge in [-0.05, 0) is 29.8 Å². The van der Waals surface area contributed by atoms with Gasteiger partial charge in [0.05, 0.1) is 19.8 Å². The Morgan fingerprint density at radius 2 is 1.96 bits per heavy atom. The van der Waals surface area contributed by atoms with E-state index in [1.165, 1.54) is 4.80 Å². The maximum atomic E-state index is 12.7. The lowest BCUT2D eigenvalue weighted by Crippen LogP contribution is -2.47. The van der Waals surface area contributed by atoms with E-state index in [0.29, 0.717) is 19.7 Å². The molecular weight excluding hydrogens is 344 g/mol. The number of fused-ring (bicyclic) bond motifs is 1. The first-order chi connectivity index (χ1) is 13.2. The number of carbonyl (C=O) groups excluding carboxylic acids is 1. The monoisotopic (exact) mass is 366 g/mol. The molecule has 1 aliphatic heterocycles. The zero-order chi connectivity index (χ0) is 18.6. The first kappa shape index (κ1) is 17.5. The SMILES string of the molecule is COc1cccc(C[C@H]2CN(C(=O)Cn3nc4ccccc4n3)CCO2)c1. The molecule has 140 valence electrons. The van der Waals surface area contributed by atoms with E-state index >= 15 is 0 Å². The highest BCUT2D eigenvalue weighted by Crippen LogP contribution is 2.17. The molecule has 0 bridgehead atoms. The molecule has 1 atom stereocenters. The van der Waals surface area contributed by atoms with Crippen LogP contribution in [0.25, 0.3) is 11.0 Å². The van der Waals surface area contributed by atoms with Gasteiger partial charge < -0.3 is 14.4 Å². The largest absolute Gasteiger partial charge is 0.497 e. The number of hydrogen-bond acceptors (Lipinski definition) is 5. The second-order valence-electron chi connectivity index (χ2n) is 6.61. The topological polar surface area (TPSA) is 69.5 Å². The van der Waals surface area contributed by atoms with Crippen LogP contribution in [-0.4, -0.2) is 58.7 Å². The van der Waals surface area contributed by atoms with E-state index in [2.05, 4.69) is 10.2 Å². The summed E-state index contributed by atoms with van der Waals surface area (Å²) in [6, 6.07) is 15.5. The highest BCUT2D eigenvalue weighted by Gasteiger charge is 2.25. The Balaban J connectivity index is 1.38. The first-order valence-corrected chi connectivity index (χ1v) is 9.03. The van der Waals surface area contributed by atoms with Crippen LogP contribution in [0, 0.1) is 0 Å². The normalized spacial score (nSPS) is 17.2. The molecule has 1 saturated heterocycles. The summed E-state index contributed by atoms with van der Waals surface area (Å²) in [7, 11) is 1.66. The van der Waals surface area contributed by atoms with Crippen molar-refractivity contribution in [1.82, 2.24) is 19.9 Å². The number of methoxy groups -OCH3 is 1. The molecule has 2 aromatic carbocycles. The van der Waals surface area contributed by atoms with E-state index in [1.807, 2.05) is 53.4 Å². The molecule has 0 radical (unpaired) electrons. The number of nitrogens with zero attached hydrogens (tertiary/aromatic N) is 4. The van der Waals surface area contributed by atoms with Gasteiger partial charge in [-0.1, -0.05) is 24.3 Å². The summed E-state index contributed by atoms with van der Waals surface area (Å²) in [5.74, 6) is 0.835. The van der Waals surface area contributed by atoms with Gasteiger partial charge in [-0.15, -0.1) is 0 Å². The van der Waals surface area contributed by atoms with Crippen LogP contribution < -0.4 is 4.74 Å². The number of ether oxygens (including phenoxy) is 2. The van der Waals surface area contributed by atoms with E-state index in [4.69, 9.17) is 9.47 Å². The van der Waals surface area contributed by atoms with Crippen molar-refractivity contribution in [2.75, 3.05) is 26.8 Å². The summed E-state index contributed by atoms with van der Waals surface area (Å²) in [6.07, 6.45) is 0.713. The van der Waals surface area contributed by atoms with Crippen molar-refractivity contribution in [2.24, 2.45) is 0 Å². The molecule has 7 nitrogen and oxygen atoms in total. The quantitative estimate of drug-likeness (QED) is 0.690. The molecule has 2 heterocycles. The number of rotatable bonds is 5. The van der Waals surface area contributed by atoms with Gasteiger partial charge in [-0.3, -0.25) is 4.79 Å². The van der Waals surface area contributed by atoms with Gasteiger partial charge in [0.15, 0.2) is 0 Å². The Morgan fingerprint density at radius 1 is 1.19 bits per heavy atom. The summed E-state index contributed by atoms with van der Waals surface area (Å²) in [5, 5.41) is 8.73. The zero-order valence-electron chi connectivity index (χ0n) is 15.2. The van der Waals surface area contributed by atoms with Crippen molar-refractivity contribution in [1.29, 1.82) is 0 Å². The van der Waals surface area contributed by atoms with Crippen molar-refractivity contribution in [3.63, 3.8) is 0 Å². The highest BCUT2D eigenvalue weighted by molar-refractivity contribution is 5.77. The number of hydrogen-bond donors (Lipinski definition) is 0. The zero-order valence-corrected chi connectivity index (χ0v) is 15.2. The van der Waals surface area contributed by atoms with Crippen LogP contribution in [0.4, 0.5) is 0 Å². The van der Waals surface area contributed by atoms with Gasteiger partial charge in [0.2, 0.25) is 5.91 Å². The van der Waals surface area contributed by atoms with Crippen LogP contribution in [0.3, 0.4) is 0 Å². The highest BCUT2D eigenvalue weighted by atomic mass is 16.5. The maximum absolute atomic E-state index is 12.7. The molecule has 1 amide bonds. The minimum Gasteiger partial charge on any atom is -0.497 e. The molecule has 0 unspecified atom stereocenters. The van der Waals surface area contributed by atoms with Crippen molar-refractivity contribution >= 4 is 16.9 Å². The molecule has 0 spiro atoms. The summed E-state index contributed by atoms with van der Waals surface area (Å²) < 4.78 is 11.1. The molecule has 0 saturated carbocycles. The predicted molar refractivity (Wildman–Crippen MR) is 101 cm³/mol. The standard InChI is InChI=1S/C20H22N4O3/c1-26-16-6-4-5-15(11-16)12-17-13-23(9-10-27-17)20(25)14-24-21-18-7-2-3-8-19(18)22-24/h2-8,11,17H,9-10,12-14H2,1H3/t17-/m0/s1. The third kappa shape index (κ3) is 4.09. The molecule has 27 heavy (non-hydrogen) atoms. The van der Waals surface area contributed by atoms with Gasteiger partial charge in [0.1, 0.15) is 23.3 Å². The summed E-state index contributed by atoms with van der Waals surface area (Å²) >= 11 is 0. The lowest BCUT2D eigenvalue weighted by molar-refractivity contribution is -0.139. The van der Waals surface area contributed by atoms with Crippen molar-refractivity contribution in [3.8, 4) is 5.75 Å². The predicted octanol–water partition coefficient (Wildman–Crippen LogP) is 1.91. The van der Waals surface area contributed by atoms with E-state index < -0.39 is 0 Å². The molecule has 0 aliphatic carbocycles. The average Bonchev–Trinajstić information content (AvgIpc) is 3.10. The Labute approximate surface area is 157 Å². The summed E-state index contributed by atoms with van der Waals surface area (Å²) in [4.78, 5) is 16.0. The summed E-state index contributed by atoms with van der Waals surface area (Å²) in [5.41, 5.74) is 2.72. The summed E-state index contributed by atoms with van der Waals surface area (Å²) in [6.45, 7) is 1.83.